The lowest BCUT2D eigenvalue weighted by molar-refractivity contribution is -0.941. The van der Waals surface area contributed by atoms with Crippen molar-refractivity contribution in [3.05, 3.63) is 52.7 Å². The van der Waals surface area contributed by atoms with Crippen LogP contribution in [-0.4, -0.2) is 36.4 Å². The Morgan fingerprint density at radius 3 is 2.96 bits per heavy atom. The minimum absolute atomic E-state index is 0.0395. The van der Waals surface area contributed by atoms with Crippen molar-refractivity contribution in [1.29, 1.82) is 0 Å². The molecular formula is C22H27N2O+. The Morgan fingerprint density at radius 1 is 1.36 bits per heavy atom. The van der Waals surface area contributed by atoms with Gasteiger partial charge in [-0.25, -0.2) is 0 Å². The summed E-state index contributed by atoms with van der Waals surface area (Å²) in [5, 5.41) is 3.70. The highest BCUT2D eigenvalue weighted by Crippen LogP contribution is 2.63. The third kappa shape index (κ3) is 1.68. The van der Waals surface area contributed by atoms with Gasteiger partial charge in [-0.3, -0.25) is 4.79 Å². The second-order valence-corrected chi connectivity index (χ2v) is 8.33. The van der Waals surface area contributed by atoms with Gasteiger partial charge in [0.05, 0.1) is 18.5 Å². The fourth-order valence-corrected chi connectivity index (χ4v) is 6.68. The van der Waals surface area contributed by atoms with Gasteiger partial charge in [0.15, 0.2) is 0 Å². The van der Waals surface area contributed by atoms with Crippen LogP contribution in [0.25, 0.3) is 0 Å². The third-order valence-corrected chi connectivity index (χ3v) is 7.53. The maximum Gasteiger partial charge on any atom is 0.148 e. The standard InChI is InChI=1S/C22H26N2O/c1-3-10-24-11-9-22-18-7-5-6-8-19(18)23-21(22)17(14-25)16(12-20(22)24)15(4-2)13-24/h4-8,14,16,20H,3,9-13H2,1-2H3/p+1/b15-4-/t16-,20+,22+,24-/m0/s1. The lowest BCUT2D eigenvalue weighted by atomic mass is 9.61. The minimum Gasteiger partial charge on any atom is -0.357 e. The van der Waals surface area contributed by atoms with Crippen LogP contribution < -0.4 is 5.32 Å². The molecular weight excluding hydrogens is 308 g/mol. The van der Waals surface area contributed by atoms with Crippen molar-refractivity contribution in [1.82, 2.24) is 0 Å². The molecule has 4 aliphatic rings. The first-order valence-electron chi connectivity index (χ1n) is 9.77. The molecule has 3 heteroatoms. The fourth-order valence-electron chi connectivity index (χ4n) is 6.68. The molecule has 2 bridgehead atoms. The van der Waals surface area contributed by atoms with E-state index < -0.39 is 0 Å². The van der Waals surface area contributed by atoms with Gasteiger partial charge in [0, 0.05) is 35.7 Å². The van der Waals surface area contributed by atoms with Gasteiger partial charge in [-0.2, -0.15) is 0 Å². The number of nitrogens with one attached hydrogen (secondary N) is 1. The molecule has 2 fully saturated rings. The molecule has 1 aliphatic carbocycles. The number of quaternary nitrogens is 1. The number of anilines is 1. The summed E-state index contributed by atoms with van der Waals surface area (Å²) in [5.74, 6) is 0.318. The topological polar surface area (TPSA) is 29.1 Å². The van der Waals surface area contributed by atoms with Gasteiger partial charge in [0.25, 0.3) is 0 Å². The molecule has 5 rings (SSSR count). The largest absolute Gasteiger partial charge is 0.357 e. The zero-order chi connectivity index (χ0) is 17.2. The first kappa shape index (κ1) is 15.4. The second-order valence-electron chi connectivity index (χ2n) is 8.33. The molecule has 3 aliphatic heterocycles. The minimum atomic E-state index is 0.0395. The lowest BCUT2D eigenvalue weighted by Crippen LogP contribution is -2.63. The summed E-state index contributed by atoms with van der Waals surface area (Å²) in [6.45, 7) is 8.08. The Hall–Kier alpha value is -1.87. The van der Waals surface area contributed by atoms with Crippen LogP contribution in [0.2, 0.25) is 0 Å². The molecule has 1 spiro atoms. The van der Waals surface area contributed by atoms with Gasteiger partial charge < -0.3 is 9.80 Å². The van der Waals surface area contributed by atoms with Gasteiger partial charge in [0.1, 0.15) is 18.9 Å². The van der Waals surface area contributed by atoms with E-state index in [0.717, 1.165) is 31.2 Å². The van der Waals surface area contributed by atoms with E-state index in [1.807, 2.05) is 0 Å². The Bertz CT molecular complexity index is 823. The number of allylic oxidation sites excluding steroid dienone is 2. The maximum atomic E-state index is 12.2. The predicted molar refractivity (Wildman–Crippen MR) is 100 cm³/mol. The van der Waals surface area contributed by atoms with Gasteiger partial charge in [-0.05, 0) is 30.5 Å². The summed E-state index contributed by atoms with van der Waals surface area (Å²) in [6, 6.07) is 9.36. The highest BCUT2D eigenvalue weighted by molar-refractivity contribution is 5.84. The lowest BCUT2D eigenvalue weighted by Gasteiger charge is -2.53. The molecule has 130 valence electrons. The van der Waals surface area contributed by atoms with Crippen LogP contribution in [0.1, 0.15) is 38.7 Å². The molecule has 0 amide bonds. The summed E-state index contributed by atoms with van der Waals surface area (Å²) in [7, 11) is 0. The number of carbonyl (C=O) groups is 1. The number of benzene rings is 1. The van der Waals surface area contributed by atoms with E-state index in [2.05, 4.69) is 49.5 Å². The molecule has 3 nitrogen and oxygen atoms in total. The molecule has 25 heavy (non-hydrogen) atoms. The first-order valence-corrected chi connectivity index (χ1v) is 9.77. The third-order valence-electron chi connectivity index (χ3n) is 7.53. The average molecular weight is 335 g/mol. The normalized spacial score (nSPS) is 39.2. The summed E-state index contributed by atoms with van der Waals surface area (Å²) >= 11 is 0. The molecule has 0 saturated carbocycles. The van der Waals surface area contributed by atoms with Crippen molar-refractivity contribution >= 4 is 12.0 Å². The van der Waals surface area contributed by atoms with E-state index >= 15 is 0 Å². The van der Waals surface area contributed by atoms with E-state index in [4.69, 9.17) is 0 Å². The number of carbonyl (C=O) groups excluding carboxylic acids is 1. The summed E-state index contributed by atoms with van der Waals surface area (Å²) < 4.78 is 1.22. The van der Waals surface area contributed by atoms with Crippen molar-refractivity contribution < 1.29 is 9.28 Å². The van der Waals surface area contributed by atoms with Crippen LogP contribution in [0, 0.1) is 5.92 Å². The van der Waals surface area contributed by atoms with Crippen LogP contribution in [0.4, 0.5) is 5.69 Å². The highest BCUT2D eigenvalue weighted by Gasteiger charge is 2.68. The van der Waals surface area contributed by atoms with Crippen LogP contribution in [-0.2, 0) is 10.2 Å². The fraction of sp³-hybridized carbons (Fsp3) is 0.500. The van der Waals surface area contributed by atoms with E-state index in [1.54, 1.807) is 0 Å². The molecule has 4 atom stereocenters. The van der Waals surface area contributed by atoms with E-state index in [1.165, 1.54) is 46.5 Å². The number of piperidine rings is 1. The number of aldehydes is 1. The quantitative estimate of drug-likeness (QED) is 0.517. The van der Waals surface area contributed by atoms with Gasteiger partial charge in [0.2, 0.25) is 0 Å². The Kier molecular flexibility index (Phi) is 3.12. The average Bonchev–Trinajstić information content (AvgIpc) is 3.16. The Labute approximate surface area is 150 Å². The number of para-hydroxylation sites is 1. The van der Waals surface area contributed by atoms with E-state index in [-0.39, 0.29) is 5.41 Å². The molecule has 1 aromatic rings. The van der Waals surface area contributed by atoms with Crippen molar-refractivity contribution in [2.45, 2.75) is 44.6 Å². The van der Waals surface area contributed by atoms with Gasteiger partial charge >= 0.3 is 0 Å². The zero-order valence-electron chi connectivity index (χ0n) is 15.2. The van der Waals surface area contributed by atoms with Crippen molar-refractivity contribution in [2.75, 3.05) is 25.0 Å². The molecule has 1 N–H and O–H groups in total. The van der Waals surface area contributed by atoms with Crippen LogP contribution in [0.5, 0.6) is 0 Å². The molecule has 3 heterocycles. The van der Waals surface area contributed by atoms with E-state index in [9.17, 15) is 4.79 Å². The van der Waals surface area contributed by atoms with Crippen molar-refractivity contribution in [3.63, 3.8) is 0 Å². The van der Waals surface area contributed by atoms with Gasteiger partial charge in [-0.15, -0.1) is 0 Å². The Balaban J connectivity index is 1.81. The second kappa shape index (κ2) is 5.07. The SMILES string of the molecule is C/C=C1/C[N@+]2(CCC)CC[C@]34C(=C(C=O)[C@H]1C[C@H]32)Nc1ccccc14. The number of fused-ring (bicyclic) bond motifs is 2. The summed E-state index contributed by atoms with van der Waals surface area (Å²) in [5.41, 5.74) is 6.44. The molecule has 0 unspecified atom stereocenters. The number of nitrogens with zero attached hydrogens (tertiary/aromatic N) is 1. The monoisotopic (exact) mass is 335 g/mol. The Morgan fingerprint density at radius 2 is 2.20 bits per heavy atom. The smallest absolute Gasteiger partial charge is 0.148 e. The summed E-state index contributed by atoms with van der Waals surface area (Å²) in [6.07, 6.45) is 6.96. The predicted octanol–water partition coefficient (Wildman–Crippen LogP) is 3.78. The molecule has 2 saturated heterocycles. The van der Waals surface area contributed by atoms with Crippen molar-refractivity contribution in [2.24, 2.45) is 5.92 Å². The zero-order valence-corrected chi connectivity index (χ0v) is 15.2. The van der Waals surface area contributed by atoms with E-state index in [0.29, 0.717) is 12.0 Å². The first-order chi connectivity index (χ1) is 12.2. The van der Waals surface area contributed by atoms with Gasteiger partial charge in [-0.1, -0.05) is 31.2 Å². The molecule has 0 aromatic heterocycles. The number of hydrogen-bond donors (Lipinski definition) is 1. The maximum absolute atomic E-state index is 12.2. The molecule has 1 aromatic carbocycles. The number of rotatable bonds is 3. The van der Waals surface area contributed by atoms with Crippen molar-refractivity contribution in [3.8, 4) is 0 Å². The van der Waals surface area contributed by atoms with Crippen LogP contribution in [0.3, 0.4) is 0 Å². The van der Waals surface area contributed by atoms with Crippen LogP contribution in [0.15, 0.2) is 47.2 Å². The van der Waals surface area contributed by atoms with Crippen LogP contribution >= 0.6 is 0 Å². The molecule has 0 radical (unpaired) electrons. The highest BCUT2D eigenvalue weighted by atomic mass is 16.1. The number of hydrogen-bond acceptors (Lipinski definition) is 2. The summed E-state index contributed by atoms with van der Waals surface area (Å²) in [4.78, 5) is 12.2.